The molecule has 0 amide bonds. The minimum Gasteiger partial charge on any atom is -0.303 e. The molecule has 104 valence electrons. The van der Waals surface area contributed by atoms with Crippen LogP contribution in [0.4, 0.5) is 0 Å². The van der Waals surface area contributed by atoms with Crippen molar-refractivity contribution in [1.82, 2.24) is 5.32 Å². The molecule has 2 atom stereocenters. The van der Waals surface area contributed by atoms with Crippen LogP contribution in [-0.4, -0.2) is 0 Å². The van der Waals surface area contributed by atoms with E-state index in [0.29, 0.717) is 12.1 Å². The number of rotatable bonds is 3. The Kier molecular flexibility index (Phi) is 3.95. The van der Waals surface area contributed by atoms with Gasteiger partial charge in [-0.1, -0.05) is 57.9 Å². The predicted molar refractivity (Wildman–Crippen MR) is 87.9 cm³/mol. The third-order valence-electron chi connectivity index (χ3n) is 4.21. The first-order valence-electron chi connectivity index (χ1n) is 7.25. The molecule has 0 heterocycles. The second-order valence-electron chi connectivity index (χ2n) is 5.70. The topological polar surface area (TPSA) is 12.0 Å². The average molecular weight is 330 g/mol. The summed E-state index contributed by atoms with van der Waals surface area (Å²) in [7, 11) is 0. The van der Waals surface area contributed by atoms with Crippen LogP contribution in [0.1, 0.15) is 47.7 Å². The van der Waals surface area contributed by atoms with Crippen LogP contribution in [-0.2, 0) is 6.42 Å². The average Bonchev–Trinajstić information content (AvgIpc) is 2.83. The molecule has 1 N–H and O–H groups in total. The minimum absolute atomic E-state index is 0.379. The number of aryl methyl sites for hydroxylation is 1. The van der Waals surface area contributed by atoms with Crippen molar-refractivity contribution >= 4 is 15.9 Å². The highest BCUT2D eigenvalue weighted by Crippen LogP contribution is 2.36. The van der Waals surface area contributed by atoms with E-state index in [0.717, 1.165) is 6.42 Å². The highest BCUT2D eigenvalue weighted by Gasteiger charge is 2.25. The van der Waals surface area contributed by atoms with Crippen molar-refractivity contribution in [2.24, 2.45) is 0 Å². The summed E-state index contributed by atoms with van der Waals surface area (Å²) in [5.74, 6) is 0. The van der Waals surface area contributed by atoms with Gasteiger partial charge in [-0.25, -0.2) is 0 Å². The Morgan fingerprint density at radius 2 is 2.00 bits per heavy atom. The largest absolute Gasteiger partial charge is 0.303 e. The summed E-state index contributed by atoms with van der Waals surface area (Å²) in [6, 6.07) is 16.2. The van der Waals surface area contributed by atoms with Gasteiger partial charge in [-0.3, -0.25) is 0 Å². The summed E-state index contributed by atoms with van der Waals surface area (Å²) >= 11 is 3.67. The normalized spacial score (nSPS) is 18.9. The second kappa shape index (κ2) is 5.71. The van der Waals surface area contributed by atoms with Gasteiger partial charge in [0.15, 0.2) is 0 Å². The third kappa shape index (κ3) is 2.68. The fourth-order valence-electron chi connectivity index (χ4n) is 3.12. The lowest BCUT2D eigenvalue weighted by atomic mass is 10.0. The Bertz CT molecular complexity index is 621. The van der Waals surface area contributed by atoms with Gasteiger partial charge >= 0.3 is 0 Å². The van der Waals surface area contributed by atoms with Gasteiger partial charge in [-0.2, -0.15) is 0 Å². The fraction of sp³-hybridized carbons (Fsp3) is 0.333. The molecular weight excluding hydrogens is 310 g/mol. The molecule has 0 aliphatic heterocycles. The molecule has 0 bridgehead atoms. The maximum atomic E-state index is 3.78. The van der Waals surface area contributed by atoms with Crippen molar-refractivity contribution < 1.29 is 0 Å². The van der Waals surface area contributed by atoms with E-state index in [2.05, 4.69) is 77.6 Å². The van der Waals surface area contributed by atoms with Gasteiger partial charge in [-0.05, 0) is 49.4 Å². The Labute approximate surface area is 129 Å². The maximum Gasteiger partial charge on any atom is 0.0331 e. The van der Waals surface area contributed by atoms with E-state index in [1.165, 1.54) is 33.1 Å². The molecule has 1 aliphatic rings. The van der Waals surface area contributed by atoms with Crippen LogP contribution in [0.5, 0.6) is 0 Å². The van der Waals surface area contributed by atoms with Crippen molar-refractivity contribution in [3.05, 3.63) is 69.2 Å². The number of benzene rings is 2. The Morgan fingerprint density at radius 1 is 1.20 bits per heavy atom. The van der Waals surface area contributed by atoms with Crippen molar-refractivity contribution in [3.8, 4) is 0 Å². The summed E-state index contributed by atoms with van der Waals surface area (Å²) < 4.78 is 1.25. The fourth-order valence-corrected chi connectivity index (χ4v) is 3.70. The van der Waals surface area contributed by atoms with E-state index in [1.54, 1.807) is 0 Å². The standard InChI is InChI=1S/C18H20BrN/c1-12-5-3-6-14(11-12)13(2)20-18-10-9-15-16(18)7-4-8-17(15)19/h3-8,11,13,18,20H,9-10H2,1-2H3/t13-,18?/m0/s1. The summed E-state index contributed by atoms with van der Waals surface area (Å²) in [6.45, 7) is 4.41. The molecular formula is C18H20BrN. The molecule has 0 radical (unpaired) electrons. The van der Waals surface area contributed by atoms with Gasteiger partial charge in [0.1, 0.15) is 0 Å². The van der Waals surface area contributed by atoms with Crippen molar-refractivity contribution in [3.63, 3.8) is 0 Å². The van der Waals surface area contributed by atoms with Gasteiger partial charge < -0.3 is 5.32 Å². The van der Waals surface area contributed by atoms with Gasteiger partial charge in [0, 0.05) is 16.6 Å². The summed E-state index contributed by atoms with van der Waals surface area (Å²) in [4.78, 5) is 0. The van der Waals surface area contributed by atoms with E-state index in [-0.39, 0.29) is 0 Å². The lowest BCUT2D eigenvalue weighted by Crippen LogP contribution is -2.23. The Morgan fingerprint density at radius 3 is 2.80 bits per heavy atom. The first-order valence-corrected chi connectivity index (χ1v) is 8.04. The van der Waals surface area contributed by atoms with Gasteiger partial charge in [0.2, 0.25) is 0 Å². The number of hydrogen-bond acceptors (Lipinski definition) is 1. The first-order chi connectivity index (χ1) is 9.65. The van der Waals surface area contributed by atoms with Gasteiger partial charge in [-0.15, -0.1) is 0 Å². The molecule has 0 spiro atoms. The Balaban J connectivity index is 1.79. The lowest BCUT2D eigenvalue weighted by Gasteiger charge is -2.21. The van der Waals surface area contributed by atoms with Crippen molar-refractivity contribution in [2.45, 2.75) is 38.8 Å². The molecule has 0 saturated heterocycles. The molecule has 1 nitrogen and oxygen atoms in total. The number of fused-ring (bicyclic) bond motifs is 1. The Hall–Kier alpha value is -1.12. The number of hydrogen-bond donors (Lipinski definition) is 1. The number of nitrogens with one attached hydrogen (secondary N) is 1. The zero-order chi connectivity index (χ0) is 14.1. The highest BCUT2D eigenvalue weighted by molar-refractivity contribution is 9.10. The van der Waals surface area contributed by atoms with Gasteiger partial charge in [0.05, 0.1) is 0 Å². The van der Waals surface area contributed by atoms with Crippen LogP contribution in [0.2, 0.25) is 0 Å². The van der Waals surface area contributed by atoms with Crippen molar-refractivity contribution in [2.75, 3.05) is 0 Å². The van der Waals surface area contributed by atoms with Crippen LogP contribution < -0.4 is 5.32 Å². The van der Waals surface area contributed by atoms with Crippen LogP contribution in [0.15, 0.2) is 46.9 Å². The SMILES string of the molecule is Cc1cccc([C@H](C)NC2CCc3c(Br)cccc32)c1. The predicted octanol–water partition coefficient (Wildman–Crippen LogP) is 5.10. The summed E-state index contributed by atoms with van der Waals surface area (Å²) in [5, 5.41) is 3.78. The zero-order valence-electron chi connectivity index (χ0n) is 12.0. The van der Waals surface area contributed by atoms with E-state index in [9.17, 15) is 0 Å². The van der Waals surface area contributed by atoms with E-state index in [1.807, 2.05) is 0 Å². The summed E-state index contributed by atoms with van der Waals surface area (Å²) in [6.07, 6.45) is 2.35. The molecule has 1 unspecified atom stereocenters. The molecule has 2 heteroatoms. The van der Waals surface area contributed by atoms with Crippen LogP contribution in [0.25, 0.3) is 0 Å². The van der Waals surface area contributed by atoms with E-state index < -0.39 is 0 Å². The molecule has 2 aromatic rings. The van der Waals surface area contributed by atoms with E-state index >= 15 is 0 Å². The first kappa shape index (κ1) is 13.8. The monoisotopic (exact) mass is 329 g/mol. The van der Waals surface area contributed by atoms with Crippen LogP contribution in [0, 0.1) is 6.92 Å². The van der Waals surface area contributed by atoms with Crippen LogP contribution in [0.3, 0.4) is 0 Å². The highest BCUT2D eigenvalue weighted by atomic mass is 79.9. The van der Waals surface area contributed by atoms with Crippen molar-refractivity contribution in [1.29, 1.82) is 0 Å². The van der Waals surface area contributed by atoms with E-state index in [4.69, 9.17) is 0 Å². The second-order valence-corrected chi connectivity index (χ2v) is 6.56. The molecule has 20 heavy (non-hydrogen) atoms. The maximum absolute atomic E-state index is 3.78. The van der Waals surface area contributed by atoms with Gasteiger partial charge in [0.25, 0.3) is 0 Å². The smallest absolute Gasteiger partial charge is 0.0331 e. The summed E-state index contributed by atoms with van der Waals surface area (Å²) in [5.41, 5.74) is 5.62. The zero-order valence-corrected chi connectivity index (χ0v) is 13.6. The molecule has 0 saturated carbocycles. The molecule has 2 aromatic carbocycles. The molecule has 0 aromatic heterocycles. The van der Waals surface area contributed by atoms with Crippen LogP contribution >= 0.6 is 15.9 Å². The minimum atomic E-state index is 0.379. The quantitative estimate of drug-likeness (QED) is 0.826. The third-order valence-corrected chi connectivity index (χ3v) is 4.95. The molecule has 0 fully saturated rings. The molecule has 1 aliphatic carbocycles. The number of halogens is 1. The lowest BCUT2D eigenvalue weighted by molar-refractivity contribution is 0.465. The molecule has 3 rings (SSSR count).